The molecule has 1 aromatic rings. The summed E-state index contributed by atoms with van der Waals surface area (Å²) in [4.78, 5) is 0. The Bertz CT molecular complexity index is 365. The van der Waals surface area contributed by atoms with Crippen molar-refractivity contribution in [1.29, 1.82) is 0 Å². The zero-order chi connectivity index (χ0) is 11.9. The van der Waals surface area contributed by atoms with Crippen LogP contribution in [0.15, 0.2) is 18.2 Å². The molecule has 0 saturated carbocycles. The molecule has 0 bridgehead atoms. The number of hydrogen-bond donors (Lipinski definition) is 0. The molecule has 0 nitrogen and oxygen atoms in total. The van der Waals surface area contributed by atoms with Gasteiger partial charge in [0.2, 0.25) is 0 Å². The maximum atomic E-state index is 12.7. The minimum absolute atomic E-state index is 0.0832. The van der Waals surface area contributed by atoms with Crippen molar-refractivity contribution in [3.63, 3.8) is 0 Å². The van der Waals surface area contributed by atoms with Crippen LogP contribution in [0.3, 0.4) is 0 Å². The van der Waals surface area contributed by atoms with Crippen molar-refractivity contribution in [3.8, 4) is 0 Å². The molecule has 0 radical (unpaired) electrons. The fraction of sp³-hybridized carbons (Fsp3) is 0.143. The first kappa shape index (κ1) is 11.9. The maximum absolute atomic E-state index is 12.7. The first-order chi connectivity index (χ1) is 6.62. The van der Waals surface area contributed by atoms with Crippen LogP contribution in [0, 0.1) is 5.82 Å². The molecule has 0 amide bonds. The quantitative estimate of drug-likeness (QED) is 0.514. The van der Waals surface area contributed by atoms with E-state index < -0.39 is 30.0 Å². The standard InChI is InChI=1S/C7H3BF7/c9-6-3-4(8(13,14)15)1-2-5(6)7(10,11)12/h1-3H/q-1. The zero-order valence-electron chi connectivity index (χ0n) is 6.96. The van der Waals surface area contributed by atoms with Gasteiger partial charge in [0, 0.05) is 0 Å². The van der Waals surface area contributed by atoms with E-state index in [1.807, 2.05) is 0 Å². The molecule has 0 unspecified atom stereocenters. The summed E-state index contributed by atoms with van der Waals surface area (Å²) in [7, 11) is 0. The second kappa shape index (κ2) is 3.43. The molecule has 0 N–H and O–H groups in total. The minimum Gasteiger partial charge on any atom is -0.445 e. The van der Waals surface area contributed by atoms with E-state index in [9.17, 15) is 30.5 Å². The van der Waals surface area contributed by atoms with Gasteiger partial charge in [-0.3, -0.25) is 0 Å². The van der Waals surface area contributed by atoms with Gasteiger partial charge in [0.1, 0.15) is 5.82 Å². The van der Waals surface area contributed by atoms with Crippen molar-refractivity contribution in [2.24, 2.45) is 0 Å². The van der Waals surface area contributed by atoms with Crippen LogP contribution in [0.4, 0.5) is 30.5 Å². The molecule has 0 spiro atoms. The van der Waals surface area contributed by atoms with E-state index in [1.54, 1.807) is 0 Å². The summed E-state index contributed by atoms with van der Waals surface area (Å²) in [5.41, 5.74) is -3.09. The van der Waals surface area contributed by atoms with E-state index in [0.29, 0.717) is 0 Å². The van der Waals surface area contributed by atoms with E-state index in [1.165, 1.54) is 0 Å². The van der Waals surface area contributed by atoms with Crippen molar-refractivity contribution in [2.75, 3.05) is 0 Å². The zero-order valence-corrected chi connectivity index (χ0v) is 6.96. The lowest BCUT2D eigenvalue weighted by Crippen LogP contribution is -2.34. The van der Waals surface area contributed by atoms with Gasteiger partial charge in [-0.25, -0.2) is 4.39 Å². The summed E-state index contributed by atoms with van der Waals surface area (Å²) >= 11 is 0. The molecule has 0 heterocycles. The first-order valence-corrected chi connectivity index (χ1v) is 3.69. The Morgan fingerprint density at radius 1 is 1.00 bits per heavy atom. The van der Waals surface area contributed by atoms with Crippen molar-refractivity contribution in [3.05, 3.63) is 29.6 Å². The van der Waals surface area contributed by atoms with Gasteiger partial charge < -0.3 is 12.9 Å². The lowest BCUT2D eigenvalue weighted by Gasteiger charge is -2.16. The predicted octanol–water partition coefficient (Wildman–Crippen LogP) is 2.90. The highest BCUT2D eigenvalue weighted by atomic mass is 19.4. The molecular weight excluding hydrogens is 228 g/mol. The topological polar surface area (TPSA) is 0 Å². The van der Waals surface area contributed by atoms with Crippen molar-refractivity contribution < 1.29 is 30.5 Å². The molecule has 0 atom stereocenters. The van der Waals surface area contributed by atoms with Gasteiger partial charge in [-0.1, -0.05) is 12.1 Å². The highest BCUT2D eigenvalue weighted by Crippen LogP contribution is 2.31. The van der Waals surface area contributed by atoms with Gasteiger partial charge >= 0.3 is 13.2 Å². The minimum atomic E-state index is -5.49. The van der Waals surface area contributed by atoms with Gasteiger partial charge in [-0.2, -0.15) is 13.2 Å². The smallest absolute Gasteiger partial charge is 0.445 e. The summed E-state index contributed by atoms with van der Waals surface area (Å²) < 4.78 is 84.6. The van der Waals surface area contributed by atoms with Gasteiger partial charge in [-0.15, -0.1) is 5.46 Å². The molecule has 84 valence electrons. The Morgan fingerprint density at radius 3 is 1.87 bits per heavy atom. The highest BCUT2D eigenvalue weighted by molar-refractivity contribution is 6.73. The van der Waals surface area contributed by atoms with Gasteiger partial charge in [0.15, 0.2) is 0 Å². The molecule has 15 heavy (non-hydrogen) atoms. The molecule has 1 aromatic carbocycles. The van der Waals surface area contributed by atoms with Crippen LogP contribution < -0.4 is 5.46 Å². The maximum Gasteiger partial charge on any atom is 0.509 e. The number of halogens is 7. The Morgan fingerprint density at radius 2 is 1.53 bits per heavy atom. The molecule has 0 saturated heterocycles. The lowest BCUT2D eigenvalue weighted by molar-refractivity contribution is -0.139. The summed E-state index contributed by atoms with van der Waals surface area (Å²) in [6.45, 7) is -5.49. The van der Waals surface area contributed by atoms with Crippen molar-refractivity contribution in [2.45, 2.75) is 6.18 Å². The molecule has 0 aliphatic rings. The largest absolute Gasteiger partial charge is 0.509 e. The molecule has 1 rings (SSSR count). The fourth-order valence-electron chi connectivity index (χ4n) is 0.965. The average molecular weight is 231 g/mol. The van der Waals surface area contributed by atoms with Crippen LogP contribution in [0.25, 0.3) is 0 Å². The molecule has 0 aromatic heterocycles. The van der Waals surface area contributed by atoms with Crippen LogP contribution in [-0.2, 0) is 6.18 Å². The predicted molar refractivity (Wildman–Crippen MR) is 40.1 cm³/mol. The number of alkyl halides is 3. The third-order valence-corrected chi connectivity index (χ3v) is 1.68. The number of hydrogen-bond acceptors (Lipinski definition) is 0. The van der Waals surface area contributed by atoms with Gasteiger partial charge in [0.05, 0.1) is 5.56 Å². The van der Waals surface area contributed by atoms with E-state index in [2.05, 4.69) is 0 Å². The third kappa shape index (κ3) is 2.63. The normalized spacial score (nSPS) is 13.0. The summed E-state index contributed by atoms with van der Waals surface area (Å²) in [5.74, 6) is -1.92. The summed E-state index contributed by atoms with van der Waals surface area (Å²) in [6.07, 6.45) is -4.98. The van der Waals surface area contributed by atoms with E-state index in [4.69, 9.17) is 0 Å². The Balaban J connectivity index is 3.21. The third-order valence-electron chi connectivity index (χ3n) is 1.68. The Labute approximate surface area is 79.8 Å². The highest BCUT2D eigenvalue weighted by Gasteiger charge is 2.35. The average Bonchev–Trinajstić information content (AvgIpc) is 1.99. The van der Waals surface area contributed by atoms with E-state index >= 15 is 0 Å². The Kier molecular flexibility index (Phi) is 2.71. The lowest BCUT2D eigenvalue weighted by atomic mass is 9.80. The summed E-state index contributed by atoms with van der Waals surface area (Å²) in [6, 6.07) is 0.147. The van der Waals surface area contributed by atoms with E-state index in [0.717, 1.165) is 0 Å². The molecule has 0 aliphatic heterocycles. The SMILES string of the molecule is Fc1cc([B-](F)(F)F)ccc1C(F)(F)F. The fourth-order valence-corrected chi connectivity index (χ4v) is 0.965. The van der Waals surface area contributed by atoms with Crippen LogP contribution in [0.2, 0.25) is 0 Å². The van der Waals surface area contributed by atoms with E-state index in [-0.39, 0.29) is 18.2 Å². The monoisotopic (exact) mass is 231 g/mol. The molecule has 0 fully saturated rings. The van der Waals surface area contributed by atoms with Crippen LogP contribution in [0.5, 0.6) is 0 Å². The molecule has 8 heteroatoms. The van der Waals surface area contributed by atoms with Crippen molar-refractivity contribution >= 4 is 12.4 Å². The molecule has 0 aliphatic carbocycles. The van der Waals surface area contributed by atoms with Crippen LogP contribution in [0.1, 0.15) is 5.56 Å². The molecular formula is C7H3BF7-. The number of rotatable bonds is 1. The van der Waals surface area contributed by atoms with Gasteiger partial charge in [-0.05, 0) is 6.07 Å². The summed E-state index contributed by atoms with van der Waals surface area (Å²) in [5, 5.41) is 0. The van der Waals surface area contributed by atoms with Crippen molar-refractivity contribution in [1.82, 2.24) is 0 Å². The first-order valence-electron chi connectivity index (χ1n) is 3.69. The second-order valence-electron chi connectivity index (χ2n) is 2.81. The number of benzene rings is 1. The van der Waals surface area contributed by atoms with Crippen LogP contribution in [-0.4, -0.2) is 6.98 Å². The second-order valence-corrected chi connectivity index (χ2v) is 2.81. The Hall–Kier alpha value is -1.21. The van der Waals surface area contributed by atoms with Gasteiger partial charge in [0.25, 0.3) is 0 Å². The van der Waals surface area contributed by atoms with Crippen LogP contribution >= 0.6 is 0 Å².